The highest BCUT2D eigenvalue weighted by Crippen LogP contribution is 2.40. The van der Waals surface area contributed by atoms with Gasteiger partial charge in [0.1, 0.15) is 29.4 Å². The van der Waals surface area contributed by atoms with Gasteiger partial charge in [0.05, 0.1) is 49.9 Å². The number of ether oxygens (including phenoxy) is 5. The number of piperidine rings is 1. The molecule has 1 aromatic heterocycles. The number of hydrogen-bond donors (Lipinski definition) is 1. The van der Waals surface area contributed by atoms with Crippen LogP contribution in [0.5, 0.6) is 0 Å². The van der Waals surface area contributed by atoms with Gasteiger partial charge in [-0.05, 0) is 13.3 Å². The number of allylic oxidation sites excluding steroid dienone is 3. The van der Waals surface area contributed by atoms with Crippen LogP contribution < -0.4 is 5.32 Å². The van der Waals surface area contributed by atoms with E-state index in [-0.39, 0.29) is 30.8 Å². The van der Waals surface area contributed by atoms with Gasteiger partial charge in [-0.3, -0.25) is 4.90 Å². The fraction of sp³-hybridized carbons (Fsp3) is 0.520. The van der Waals surface area contributed by atoms with Crippen LogP contribution in [0.1, 0.15) is 37.4 Å². The maximum Gasteiger partial charge on any atom is 0.296 e. The molecule has 1 atom stereocenters. The molecule has 0 amide bonds. The van der Waals surface area contributed by atoms with Crippen molar-refractivity contribution in [1.82, 2.24) is 14.9 Å². The molecule has 12 heteroatoms. The quantitative estimate of drug-likeness (QED) is 0.482. The van der Waals surface area contributed by atoms with E-state index < -0.39 is 18.6 Å². The standard InChI is InChI=1S/C25H29ClF2N4O5/c1-14(33-3)8-18-21(15(2)37-20-6-7-32(11-25(20,27)28)16-9-34-10-16)24(30-12-29-18)31-22-17(26)4-5-19-23(22)36-13-35-19/h8,12,16,20H,2,4-7,9-11,13H2,1,3H3,(H,29,30,31)/b14-8+. The Morgan fingerprint density at radius 3 is 2.81 bits per heavy atom. The molecule has 1 unspecified atom stereocenters. The van der Waals surface area contributed by atoms with E-state index in [0.29, 0.717) is 71.9 Å². The van der Waals surface area contributed by atoms with Crippen molar-refractivity contribution in [2.45, 2.75) is 44.3 Å². The fourth-order valence-corrected chi connectivity index (χ4v) is 4.84. The molecule has 0 spiro atoms. The zero-order valence-corrected chi connectivity index (χ0v) is 21.4. The average Bonchev–Trinajstić information content (AvgIpc) is 3.30. The summed E-state index contributed by atoms with van der Waals surface area (Å²) in [7, 11) is 1.52. The van der Waals surface area contributed by atoms with Gasteiger partial charge in [-0.15, -0.1) is 0 Å². The Balaban J connectivity index is 1.44. The van der Waals surface area contributed by atoms with Crippen molar-refractivity contribution in [2.24, 2.45) is 0 Å². The number of aromatic nitrogens is 2. The van der Waals surface area contributed by atoms with Crippen LogP contribution in [0, 0.1) is 0 Å². The summed E-state index contributed by atoms with van der Waals surface area (Å²) in [6, 6.07) is 0.0246. The summed E-state index contributed by atoms with van der Waals surface area (Å²) in [5.41, 5.74) is 1.19. The largest absolute Gasteiger partial charge is 0.501 e. The molecule has 2 fully saturated rings. The molecule has 9 nitrogen and oxygen atoms in total. The Labute approximate surface area is 218 Å². The van der Waals surface area contributed by atoms with Crippen LogP contribution in [0.3, 0.4) is 0 Å². The molecular formula is C25H29ClF2N4O5. The van der Waals surface area contributed by atoms with E-state index in [1.165, 1.54) is 13.4 Å². The molecule has 0 saturated carbocycles. The second-order valence-corrected chi connectivity index (χ2v) is 9.70. The van der Waals surface area contributed by atoms with Crippen molar-refractivity contribution in [1.29, 1.82) is 0 Å². The molecule has 1 N–H and O–H groups in total. The molecule has 1 aromatic rings. The van der Waals surface area contributed by atoms with E-state index in [1.807, 2.05) is 0 Å². The van der Waals surface area contributed by atoms with Crippen molar-refractivity contribution in [3.8, 4) is 0 Å². The third-order valence-corrected chi connectivity index (χ3v) is 7.18. The molecule has 2 saturated heterocycles. The molecule has 3 aliphatic heterocycles. The summed E-state index contributed by atoms with van der Waals surface area (Å²) in [6.45, 7) is 6.87. The summed E-state index contributed by atoms with van der Waals surface area (Å²) >= 11 is 6.53. The van der Waals surface area contributed by atoms with E-state index in [9.17, 15) is 0 Å². The van der Waals surface area contributed by atoms with E-state index in [0.717, 1.165) is 0 Å². The van der Waals surface area contributed by atoms with Gasteiger partial charge in [0.15, 0.2) is 11.9 Å². The van der Waals surface area contributed by atoms with Crippen molar-refractivity contribution < 1.29 is 32.5 Å². The van der Waals surface area contributed by atoms with Crippen molar-refractivity contribution in [3.63, 3.8) is 0 Å². The van der Waals surface area contributed by atoms with Crippen LogP contribution in [0.2, 0.25) is 0 Å². The minimum atomic E-state index is -3.08. The third-order valence-electron chi connectivity index (χ3n) is 6.81. The maximum atomic E-state index is 15.2. The number of likely N-dealkylation sites (tertiary alicyclic amines) is 1. The Morgan fingerprint density at radius 2 is 2.11 bits per heavy atom. The molecule has 0 aromatic carbocycles. The smallest absolute Gasteiger partial charge is 0.296 e. The Kier molecular flexibility index (Phi) is 7.28. The first-order valence-electron chi connectivity index (χ1n) is 12.0. The monoisotopic (exact) mass is 538 g/mol. The topological polar surface area (TPSA) is 87.2 Å². The maximum absolute atomic E-state index is 15.2. The molecule has 4 heterocycles. The van der Waals surface area contributed by atoms with Gasteiger partial charge in [0.2, 0.25) is 6.79 Å². The molecule has 5 rings (SSSR count). The second-order valence-electron chi connectivity index (χ2n) is 9.25. The van der Waals surface area contributed by atoms with Crippen LogP contribution in [0.4, 0.5) is 14.6 Å². The molecule has 4 aliphatic rings. The highest BCUT2D eigenvalue weighted by atomic mass is 35.5. The van der Waals surface area contributed by atoms with Gasteiger partial charge in [0.25, 0.3) is 5.92 Å². The summed E-state index contributed by atoms with van der Waals surface area (Å²) in [6.07, 6.45) is 2.96. The third kappa shape index (κ3) is 5.25. The van der Waals surface area contributed by atoms with E-state index in [1.54, 1.807) is 17.9 Å². The van der Waals surface area contributed by atoms with E-state index in [2.05, 4.69) is 21.9 Å². The lowest BCUT2D eigenvalue weighted by Crippen LogP contribution is -2.59. The number of nitrogens with zero attached hydrogens (tertiary/aromatic N) is 3. The molecule has 1 aliphatic carbocycles. The molecule has 37 heavy (non-hydrogen) atoms. The zero-order chi connectivity index (χ0) is 26.2. The summed E-state index contributed by atoms with van der Waals surface area (Å²) in [5.74, 6) is -1.06. The van der Waals surface area contributed by atoms with Crippen LogP contribution in [-0.4, -0.2) is 73.1 Å². The number of alkyl halides is 2. The molecule has 200 valence electrons. The van der Waals surface area contributed by atoms with Crippen LogP contribution >= 0.6 is 11.6 Å². The molecule has 0 radical (unpaired) electrons. The predicted molar refractivity (Wildman–Crippen MR) is 132 cm³/mol. The Hall–Kier alpha value is -2.89. The number of hydrogen-bond acceptors (Lipinski definition) is 9. The van der Waals surface area contributed by atoms with E-state index >= 15 is 8.78 Å². The first-order chi connectivity index (χ1) is 17.8. The second kappa shape index (κ2) is 10.5. The summed E-state index contributed by atoms with van der Waals surface area (Å²) in [4.78, 5) is 10.5. The number of halogens is 3. The van der Waals surface area contributed by atoms with Gasteiger partial charge >= 0.3 is 0 Å². The van der Waals surface area contributed by atoms with Crippen molar-refractivity contribution in [3.05, 3.63) is 52.2 Å². The van der Waals surface area contributed by atoms with Gasteiger partial charge in [0, 0.05) is 30.5 Å². The van der Waals surface area contributed by atoms with Gasteiger partial charge in [-0.1, -0.05) is 18.2 Å². The number of rotatable bonds is 8. The SMILES string of the molecule is C=C(OC1CCN(C2COC2)CC1(F)F)c1c(/C=C(\C)OC)ncnc1NC1=C(Cl)CCC2=C1OCO2. The van der Waals surface area contributed by atoms with Crippen LogP contribution in [0.15, 0.2) is 40.9 Å². The van der Waals surface area contributed by atoms with Crippen molar-refractivity contribution in [2.75, 3.05) is 45.5 Å². The highest BCUT2D eigenvalue weighted by Gasteiger charge is 2.49. The summed E-state index contributed by atoms with van der Waals surface area (Å²) in [5, 5.41) is 3.72. The van der Waals surface area contributed by atoms with Gasteiger partial charge < -0.3 is 29.0 Å². The lowest BCUT2D eigenvalue weighted by Gasteiger charge is -2.44. The van der Waals surface area contributed by atoms with Gasteiger partial charge in [-0.2, -0.15) is 0 Å². The van der Waals surface area contributed by atoms with Crippen molar-refractivity contribution >= 4 is 29.3 Å². The number of methoxy groups -OCH3 is 1. The lowest BCUT2D eigenvalue weighted by molar-refractivity contribution is -0.176. The zero-order valence-electron chi connectivity index (χ0n) is 20.7. The minimum Gasteiger partial charge on any atom is -0.501 e. The first-order valence-corrected chi connectivity index (χ1v) is 12.4. The minimum absolute atomic E-state index is 0.00804. The Morgan fingerprint density at radius 1 is 1.30 bits per heavy atom. The Bertz CT molecular complexity index is 1170. The molecule has 0 bridgehead atoms. The molecular weight excluding hydrogens is 510 g/mol. The highest BCUT2D eigenvalue weighted by molar-refractivity contribution is 6.30. The van der Waals surface area contributed by atoms with Crippen LogP contribution in [-0.2, 0) is 23.7 Å². The fourth-order valence-electron chi connectivity index (χ4n) is 4.61. The first kappa shape index (κ1) is 25.7. The van der Waals surface area contributed by atoms with Crippen LogP contribution in [0.25, 0.3) is 11.8 Å². The number of nitrogens with one attached hydrogen (secondary N) is 1. The summed E-state index contributed by atoms with van der Waals surface area (Å²) < 4.78 is 57.8. The predicted octanol–water partition coefficient (Wildman–Crippen LogP) is 4.45. The lowest BCUT2D eigenvalue weighted by atomic mass is 10.0. The normalized spacial score (nSPS) is 24.1. The van der Waals surface area contributed by atoms with E-state index in [4.69, 9.17) is 35.3 Å². The number of anilines is 1. The average molecular weight is 539 g/mol. The van der Waals surface area contributed by atoms with Gasteiger partial charge in [-0.25, -0.2) is 18.7 Å².